The van der Waals surface area contributed by atoms with Crippen LogP contribution in [0.2, 0.25) is 0 Å². The fourth-order valence-electron chi connectivity index (χ4n) is 4.23. The second kappa shape index (κ2) is 7.06. The molecule has 2 aromatic heterocycles. The first kappa shape index (κ1) is 17.4. The first-order valence-corrected chi connectivity index (χ1v) is 10.8. The standard InChI is InChI=1S/C23H22N2O2S/c1-2-27-17-13-12-14-8-6-7-9-15(14)19(17)21-24-22(26)20-16-10-4-3-5-11-18(16)28-23(20)25-21/h6-9,12-13H,2-5,10-11H2,1H3,(H,24,25,26). The molecule has 142 valence electrons. The summed E-state index contributed by atoms with van der Waals surface area (Å²) in [4.78, 5) is 23.3. The topological polar surface area (TPSA) is 55.0 Å². The Balaban J connectivity index is 1.78. The summed E-state index contributed by atoms with van der Waals surface area (Å²) in [6.45, 7) is 2.53. The van der Waals surface area contributed by atoms with E-state index in [1.54, 1.807) is 11.3 Å². The predicted molar refractivity (Wildman–Crippen MR) is 116 cm³/mol. The van der Waals surface area contributed by atoms with Gasteiger partial charge in [0.15, 0.2) is 0 Å². The summed E-state index contributed by atoms with van der Waals surface area (Å²) < 4.78 is 5.89. The van der Waals surface area contributed by atoms with E-state index < -0.39 is 0 Å². The molecule has 28 heavy (non-hydrogen) atoms. The second-order valence-corrected chi connectivity index (χ2v) is 8.34. The van der Waals surface area contributed by atoms with Crippen LogP contribution >= 0.6 is 11.3 Å². The smallest absolute Gasteiger partial charge is 0.260 e. The van der Waals surface area contributed by atoms with E-state index in [0.29, 0.717) is 12.4 Å². The van der Waals surface area contributed by atoms with Crippen LogP contribution in [-0.4, -0.2) is 16.6 Å². The number of thiophene rings is 1. The molecule has 5 rings (SSSR count). The van der Waals surface area contributed by atoms with Crippen LogP contribution in [0, 0.1) is 0 Å². The van der Waals surface area contributed by atoms with Crippen LogP contribution in [-0.2, 0) is 12.8 Å². The second-order valence-electron chi connectivity index (χ2n) is 7.25. The number of nitrogens with one attached hydrogen (secondary N) is 1. The van der Waals surface area contributed by atoms with E-state index in [4.69, 9.17) is 9.72 Å². The van der Waals surface area contributed by atoms with Gasteiger partial charge in [-0.05, 0) is 55.0 Å². The summed E-state index contributed by atoms with van der Waals surface area (Å²) >= 11 is 1.69. The number of aromatic amines is 1. The molecule has 0 saturated carbocycles. The highest BCUT2D eigenvalue weighted by atomic mass is 32.1. The van der Waals surface area contributed by atoms with Crippen molar-refractivity contribution in [1.82, 2.24) is 9.97 Å². The zero-order valence-electron chi connectivity index (χ0n) is 15.9. The molecule has 2 heterocycles. The molecule has 0 fully saturated rings. The molecule has 1 aliphatic rings. The van der Waals surface area contributed by atoms with Crippen LogP contribution in [0.5, 0.6) is 5.75 Å². The van der Waals surface area contributed by atoms with Gasteiger partial charge >= 0.3 is 0 Å². The Kier molecular flexibility index (Phi) is 4.40. The molecule has 1 N–H and O–H groups in total. The lowest BCUT2D eigenvalue weighted by atomic mass is 10.0. The van der Waals surface area contributed by atoms with Gasteiger partial charge in [0.1, 0.15) is 16.4 Å². The van der Waals surface area contributed by atoms with E-state index in [2.05, 4.69) is 17.1 Å². The van der Waals surface area contributed by atoms with Gasteiger partial charge < -0.3 is 9.72 Å². The summed E-state index contributed by atoms with van der Waals surface area (Å²) in [6, 6.07) is 12.2. The number of ether oxygens (including phenoxy) is 1. The monoisotopic (exact) mass is 390 g/mol. The number of aryl methyl sites for hydroxylation is 2. The first-order chi connectivity index (χ1) is 13.8. The Morgan fingerprint density at radius 2 is 1.96 bits per heavy atom. The van der Waals surface area contributed by atoms with E-state index in [0.717, 1.165) is 51.6 Å². The van der Waals surface area contributed by atoms with Crippen molar-refractivity contribution < 1.29 is 4.74 Å². The van der Waals surface area contributed by atoms with Crippen molar-refractivity contribution in [1.29, 1.82) is 0 Å². The molecule has 1 aliphatic carbocycles. The summed E-state index contributed by atoms with van der Waals surface area (Å²) in [5.41, 5.74) is 2.05. The molecule has 0 bridgehead atoms. The Morgan fingerprint density at radius 1 is 1.11 bits per heavy atom. The molecule has 0 radical (unpaired) electrons. The van der Waals surface area contributed by atoms with Crippen LogP contribution in [0.25, 0.3) is 32.4 Å². The van der Waals surface area contributed by atoms with Crippen molar-refractivity contribution in [3.8, 4) is 17.1 Å². The molecule has 0 aliphatic heterocycles. The molecular weight excluding hydrogens is 368 g/mol. The number of benzene rings is 2. The third-order valence-electron chi connectivity index (χ3n) is 5.50. The maximum absolute atomic E-state index is 13.1. The minimum Gasteiger partial charge on any atom is -0.493 e. The van der Waals surface area contributed by atoms with Crippen molar-refractivity contribution in [2.24, 2.45) is 0 Å². The minimum atomic E-state index is -0.0326. The van der Waals surface area contributed by atoms with Crippen molar-refractivity contribution in [2.45, 2.75) is 39.0 Å². The maximum Gasteiger partial charge on any atom is 0.260 e. The predicted octanol–water partition coefficient (Wildman–Crippen LogP) is 5.47. The van der Waals surface area contributed by atoms with Crippen LogP contribution in [0.1, 0.15) is 36.6 Å². The normalized spacial score (nSPS) is 14.2. The van der Waals surface area contributed by atoms with Crippen LogP contribution in [0.3, 0.4) is 0 Å². The van der Waals surface area contributed by atoms with Gasteiger partial charge in [-0.15, -0.1) is 11.3 Å². The van der Waals surface area contributed by atoms with E-state index in [-0.39, 0.29) is 5.56 Å². The molecule has 0 unspecified atom stereocenters. The van der Waals surface area contributed by atoms with Gasteiger partial charge in [-0.2, -0.15) is 0 Å². The summed E-state index contributed by atoms with van der Waals surface area (Å²) in [6.07, 6.45) is 5.63. The fraction of sp³-hybridized carbons (Fsp3) is 0.304. The van der Waals surface area contributed by atoms with E-state index in [1.165, 1.54) is 23.3 Å². The van der Waals surface area contributed by atoms with Gasteiger partial charge in [0, 0.05) is 4.88 Å². The molecule has 0 saturated heterocycles. The van der Waals surface area contributed by atoms with Gasteiger partial charge in [0.25, 0.3) is 5.56 Å². The molecular formula is C23H22N2O2S. The van der Waals surface area contributed by atoms with Gasteiger partial charge in [0.05, 0.1) is 17.6 Å². The highest BCUT2D eigenvalue weighted by Gasteiger charge is 2.21. The summed E-state index contributed by atoms with van der Waals surface area (Å²) in [5.74, 6) is 1.34. The van der Waals surface area contributed by atoms with Crippen molar-refractivity contribution in [3.05, 3.63) is 57.2 Å². The van der Waals surface area contributed by atoms with E-state index in [1.807, 2.05) is 31.2 Å². The van der Waals surface area contributed by atoms with Gasteiger partial charge in [-0.25, -0.2) is 4.98 Å². The Morgan fingerprint density at radius 3 is 2.86 bits per heavy atom. The van der Waals surface area contributed by atoms with Crippen LogP contribution in [0.4, 0.5) is 0 Å². The zero-order valence-corrected chi connectivity index (χ0v) is 16.7. The molecule has 0 amide bonds. The fourth-order valence-corrected chi connectivity index (χ4v) is 5.49. The average Bonchev–Trinajstić information content (AvgIpc) is 2.90. The lowest BCUT2D eigenvalue weighted by molar-refractivity contribution is 0.342. The molecule has 0 spiro atoms. The van der Waals surface area contributed by atoms with Gasteiger partial charge in [-0.3, -0.25) is 4.79 Å². The molecule has 2 aromatic carbocycles. The third kappa shape index (κ3) is 2.81. The van der Waals surface area contributed by atoms with Crippen LogP contribution < -0.4 is 10.3 Å². The summed E-state index contributed by atoms with van der Waals surface area (Å²) in [7, 11) is 0. The largest absolute Gasteiger partial charge is 0.493 e. The Hall–Kier alpha value is -2.66. The lowest BCUT2D eigenvalue weighted by Crippen LogP contribution is -2.10. The Labute approximate surface area is 167 Å². The van der Waals surface area contributed by atoms with Crippen molar-refractivity contribution in [2.75, 3.05) is 6.61 Å². The number of rotatable bonds is 3. The number of nitrogens with zero attached hydrogens (tertiary/aromatic N) is 1. The molecule has 0 atom stereocenters. The molecule has 4 aromatic rings. The van der Waals surface area contributed by atoms with Gasteiger partial charge in [0.2, 0.25) is 0 Å². The molecule has 4 nitrogen and oxygen atoms in total. The maximum atomic E-state index is 13.1. The van der Waals surface area contributed by atoms with Crippen molar-refractivity contribution >= 4 is 32.3 Å². The minimum absolute atomic E-state index is 0.0326. The van der Waals surface area contributed by atoms with Crippen molar-refractivity contribution in [3.63, 3.8) is 0 Å². The lowest BCUT2D eigenvalue weighted by Gasteiger charge is -2.13. The quantitative estimate of drug-likeness (QED) is 0.472. The number of hydrogen-bond donors (Lipinski definition) is 1. The first-order valence-electron chi connectivity index (χ1n) is 9.95. The SMILES string of the molecule is CCOc1ccc2ccccc2c1-c1nc2sc3c(c2c(=O)[nH]1)CCCCC3. The molecule has 5 heteroatoms. The highest BCUT2D eigenvalue weighted by Crippen LogP contribution is 2.38. The number of fused-ring (bicyclic) bond motifs is 4. The average molecular weight is 391 g/mol. The van der Waals surface area contributed by atoms with E-state index in [9.17, 15) is 4.79 Å². The van der Waals surface area contributed by atoms with E-state index >= 15 is 0 Å². The zero-order chi connectivity index (χ0) is 19.1. The Bertz CT molecular complexity index is 1240. The third-order valence-corrected chi connectivity index (χ3v) is 6.69. The number of aromatic nitrogens is 2. The number of H-pyrrole nitrogens is 1. The summed E-state index contributed by atoms with van der Waals surface area (Å²) in [5, 5.41) is 2.93. The van der Waals surface area contributed by atoms with Crippen LogP contribution in [0.15, 0.2) is 41.2 Å². The number of hydrogen-bond acceptors (Lipinski definition) is 4. The van der Waals surface area contributed by atoms with Gasteiger partial charge in [-0.1, -0.05) is 36.8 Å². The highest BCUT2D eigenvalue weighted by molar-refractivity contribution is 7.18.